The lowest BCUT2D eigenvalue weighted by molar-refractivity contribution is 0.1000. The van der Waals surface area contributed by atoms with Crippen molar-refractivity contribution in [1.29, 1.82) is 0 Å². The minimum atomic E-state index is -0.608. The van der Waals surface area contributed by atoms with Gasteiger partial charge in [0.15, 0.2) is 0 Å². The zero-order valence-corrected chi connectivity index (χ0v) is 14.3. The smallest absolute Gasteiger partial charge is 0.250 e. The molecule has 0 radical (unpaired) electrons. The first-order valence-corrected chi connectivity index (χ1v) is 8.85. The fraction of sp³-hybridized carbons (Fsp3) is 0.300. The number of nitrogens with one attached hydrogen (secondary N) is 1. The van der Waals surface area contributed by atoms with Gasteiger partial charge in [0, 0.05) is 23.5 Å². The van der Waals surface area contributed by atoms with Crippen LogP contribution in [0.25, 0.3) is 16.6 Å². The molecule has 132 valence electrons. The van der Waals surface area contributed by atoms with Crippen molar-refractivity contribution in [3.05, 3.63) is 59.8 Å². The van der Waals surface area contributed by atoms with Gasteiger partial charge in [-0.1, -0.05) is 24.3 Å². The summed E-state index contributed by atoms with van der Waals surface area (Å²) in [5.41, 5.74) is 7.86. The summed E-state index contributed by atoms with van der Waals surface area (Å²) in [5.74, 6) is -0.478. The Labute approximate surface area is 150 Å². The number of hydrogen-bond donors (Lipinski definition) is 3. The molecule has 2 atom stereocenters. The Morgan fingerprint density at radius 3 is 2.77 bits per heavy atom. The highest BCUT2D eigenvalue weighted by Gasteiger charge is 2.68. The van der Waals surface area contributed by atoms with Gasteiger partial charge in [-0.3, -0.25) is 4.79 Å². The van der Waals surface area contributed by atoms with E-state index < -0.39 is 11.5 Å². The van der Waals surface area contributed by atoms with Crippen LogP contribution >= 0.6 is 0 Å². The normalized spacial score (nSPS) is 27.3. The Hall–Kier alpha value is -2.70. The van der Waals surface area contributed by atoms with Gasteiger partial charge in [0.1, 0.15) is 5.52 Å². The van der Waals surface area contributed by atoms with Gasteiger partial charge in [-0.25, -0.2) is 4.68 Å². The number of aliphatic hydroxyl groups is 1. The molecule has 2 aromatic carbocycles. The molecule has 0 spiro atoms. The molecule has 1 saturated heterocycles. The van der Waals surface area contributed by atoms with Crippen molar-refractivity contribution < 1.29 is 9.90 Å². The van der Waals surface area contributed by atoms with Crippen molar-refractivity contribution in [2.45, 2.75) is 23.9 Å². The summed E-state index contributed by atoms with van der Waals surface area (Å²) >= 11 is 0. The highest BCUT2D eigenvalue weighted by Crippen LogP contribution is 2.60. The van der Waals surface area contributed by atoms with Gasteiger partial charge in [-0.15, -0.1) is 0 Å². The molecular weight excluding hydrogens is 328 g/mol. The highest BCUT2D eigenvalue weighted by molar-refractivity contribution is 6.04. The van der Waals surface area contributed by atoms with Crippen LogP contribution in [0.1, 0.15) is 28.8 Å². The first-order chi connectivity index (χ1) is 12.5. The number of piperidine rings is 1. The van der Waals surface area contributed by atoms with Crippen LogP contribution in [0.4, 0.5) is 0 Å². The number of primary amides is 1. The average Bonchev–Trinajstić information content (AvgIpc) is 3.07. The number of aromatic nitrogens is 2. The Morgan fingerprint density at radius 2 is 2.04 bits per heavy atom. The largest absolute Gasteiger partial charge is 0.388 e. The zero-order valence-electron chi connectivity index (χ0n) is 14.3. The van der Waals surface area contributed by atoms with E-state index in [1.54, 1.807) is 10.7 Å². The number of hydrogen-bond acceptors (Lipinski definition) is 4. The lowest BCUT2D eigenvalue weighted by atomic mass is 9.86. The minimum absolute atomic E-state index is 0.106. The second kappa shape index (κ2) is 5.16. The summed E-state index contributed by atoms with van der Waals surface area (Å²) in [6.45, 7) is 1.60. The van der Waals surface area contributed by atoms with Crippen molar-refractivity contribution in [3.63, 3.8) is 0 Å². The van der Waals surface area contributed by atoms with Gasteiger partial charge in [-0.05, 0) is 43.1 Å². The molecule has 3 aromatic rings. The van der Waals surface area contributed by atoms with E-state index >= 15 is 0 Å². The van der Waals surface area contributed by atoms with Crippen LogP contribution in [0.2, 0.25) is 0 Å². The van der Waals surface area contributed by atoms with Gasteiger partial charge in [-0.2, -0.15) is 5.10 Å². The van der Waals surface area contributed by atoms with Gasteiger partial charge >= 0.3 is 0 Å². The zero-order chi connectivity index (χ0) is 17.9. The Morgan fingerprint density at radius 1 is 1.23 bits per heavy atom. The molecule has 2 heterocycles. The number of benzene rings is 2. The molecule has 0 bridgehead atoms. The summed E-state index contributed by atoms with van der Waals surface area (Å²) < 4.78 is 1.76. The summed E-state index contributed by atoms with van der Waals surface area (Å²) in [4.78, 5) is 11.6. The van der Waals surface area contributed by atoms with Crippen LogP contribution in [-0.2, 0) is 5.41 Å². The lowest BCUT2D eigenvalue weighted by Gasteiger charge is -2.28. The Balaban J connectivity index is 1.51. The summed E-state index contributed by atoms with van der Waals surface area (Å²) in [7, 11) is 0. The van der Waals surface area contributed by atoms with E-state index in [-0.39, 0.29) is 5.41 Å². The van der Waals surface area contributed by atoms with Crippen molar-refractivity contribution in [2.75, 3.05) is 13.1 Å². The first-order valence-electron chi connectivity index (χ1n) is 8.85. The molecule has 6 nitrogen and oxygen atoms in total. The molecule has 2 unspecified atom stereocenters. The van der Waals surface area contributed by atoms with E-state index in [4.69, 9.17) is 5.73 Å². The molecule has 1 saturated carbocycles. The van der Waals surface area contributed by atoms with Crippen molar-refractivity contribution in [3.8, 4) is 5.69 Å². The summed E-state index contributed by atoms with van der Waals surface area (Å²) in [5, 5.41) is 19.4. The molecule has 1 amide bonds. The van der Waals surface area contributed by atoms with E-state index in [0.29, 0.717) is 17.6 Å². The molecule has 1 aliphatic carbocycles. The quantitative estimate of drug-likeness (QED) is 0.668. The molecule has 4 N–H and O–H groups in total. The lowest BCUT2D eigenvalue weighted by Crippen LogP contribution is -2.42. The number of fused-ring (bicyclic) bond motifs is 2. The maximum absolute atomic E-state index is 11.6. The standard InChI is InChI=1S/C20H20N4O2/c21-18(25)16-3-1-2-13-10-24(23-17(13)16)15-6-4-14(5-7-15)19-8-9-22-12-20(19,26)11-19/h1-7,10,22,26H,8-9,11-12H2,(H2,21,25). The average molecular weight is 348 g/mol. The van der Waals surface area contributed by atoms with Crippen LogP contribution < -0.4 is 11.1 Å². The second-order valence-electron chi connectivity index (χ2n) is 7.45. The number of rotatable bonds is 3. The third-order valence-electron chi connectivity index (χ3n) is 5.99. The van der Waals surface area contributed by atoms with Crippen LogP contribution in [0, 0.1) is 0 Å². The van der Waals surface area contributed by atoms with Gasteiger partial charge in [0.25, 0.3) is 5.91 Å². The summed E-state index contributed by atoms with van der Waals surface area (Å²) in [6.07, 6.45) is 3.67. The molecule has 26 heavy (non-hydrogen) atoms. The van der Waals surface area contributed by atoms with Gasteiger partial charge in [0.05, 0.1) is 16.9 Å². The van der Waals surface area contributed by atoms with E-state index in [1.165, 1.54) is 5.56 Å². The Kier molecular flexibility index (Phi) is 3.08. The molecular formula is C20H20N4O2. The Bertz CT molecular complexity index is 1020. The SMILES string of the molecule is NC(=O)c1cccc2cn(-c3ccc(C45CCNCC4(O)C5)cc3)nc12. The maximum Gasteiger partial charge on any atom is 0.250 e. The number of β-amino-alcohol motifs (C(OH)–C–C–N with tert-alkyl or cyclic N) is 1. The number of carbonyl (C=O) groups is 1. The van der Waals surface area contributed by atoms with Crippen LogP contribution in [0.3, 0.4) is 0 Å². The van der Waals surface area contributed by atoms with E-state index in [2.05, 4.69) is 22.5 Å². The molecule has 1 aromatic heterocycles. The van der Waals surface area contributed by atoms with E-state index in [9.17, 15) is 9.90 Å². The van der Waals surface area contributed by atoms with E-state index in [1.807, 2.05) is 30.5 Å². The number of nitrogens with two attached hydrogens (primary N) is 1. The van der Waals surface area contributed by atoms with Gasteiger partial charge < -0.3 is 16.2 Å². The number of nitrogens with zero attached hydrogens (tertiary/aromatic N) is 2. The van der Waals surface area contributed by atoms with Crippen LogP contribution in [-0.4, -0.2) is 39.5 Å². The maximum atomic E-state index is 11.6. The monoisotopic (exact) mass is 348 g/mol. The van der Waals surface area contributed by atoms with Crippen molar-refractivity contribution >= 4 is 16.8 Å². The van der Waals surface area contributed by atoms with Gasteiger partial charge in [0.2, 0.25) is 0 Å². The first kappa shape index (κ1) is 15.5. The topological polar surface area (TPSA) is 93.2 Å². The number of amides is 1. The van der Waals surface area contributed by atoms with Crippen LogP contribution in [0.15, 0.2) is 48.7 Å². The van der Waals surface area contributed by atoms with Crippen molar-refractivity contribution in [1.82, 2.24) is 15.1 Å². The third-order valence-corrected chi connectivity index (χ3v) is 5.99. The van der Waals surface area contributed by atoms with Crippen molar-refractivity contribution in [2.24, 2.45) is 5.73 Å². The second-order valence-corrected chi connectivity index (χ2v) is 7.45. The molecule has 1 aliphatic heterocycles. The fourth-order valence-corrected chi connectivity index (χ4v) is 4.43. The fourth-order valence-electron chi connectivity index (χ4n) is 4.43. The third kappa shape index (κ3) is 2.06. The number of carbonyl (C=O) groups excluding carboxylic acids is 1. The highest BCUT2D eigenvalue weighted by atomic mass is 16.3. The molecule has 2 fully saturated rings. The summed E-state index contributed by atoms with van der Waals surface area (Å²) in [6, 6.07) is 13.6. The predicted molar refractivity (Wildman–Crippen MR) is 98.3 cm³/mol. The van der Waals surface area contributed by atoms with Crippen LogP contribution in [0.5, 0.6) is 0 Å². The molecule has 5 rings (SSSR count). The molecule has 6 heteroatoms. The predicted octanol–water partition coefficient (Wildman–Crippen LogP) is 1.49. The molecule has 2 aliphatic rings. The minimum Gasteiger partial charge on any atom is -0.388 e. The van der Waals surface area contributed by atoms with E-state index in [0.717, 1.165) is 30.5 Å².